The van der Waals surface area contributed by atoms with Gasteiger partial charge in [0.1, 0.15) is 0 Å². The van der Waals surface area contributed by atoms with Crippen molar-refractivity contribution in [2.24, 2.45) is 13.0 Å². The zero-order valence-electron chi connectivity index (χ0n) is 13.5. The van der Waals surface area contributed by atoms with Gasteiger partial charge in [0.2, 0.25) is 5.91 Å². The van der Waals surface area contributed by atoms with Gasteiger partial charge in [0.25, 0.3) is 0 Å². The summed E-state index contributed by atoms with van der Waals surface area (Å²) < 4.78 is 7.03. The van der Waals surface area contributed by atoms with Crippen molar-refractivity contribution < 1.29 is 9.53 Å². The second-order valence-electron chi connectivity index (χ2n) is 5.63. The number of ether oxygens (including phenoxy) is 1. The Labute approximate surface area is 151 Å². The molecular weight excluding hydrogens is 351 g/mol. The number of para-hydroxylation sites is 1. The van der Waals surface area contributed by atoms with E-state index in [-0.39, 0.29) is 30.2 Å². The lowest BCUT2D eigenvalue weighted by Gasteiger charge is -2.18. The first-order chi connectivity index (χ1) is 11.1. The molecule has 1 aromatic heterocycles. The number of methoxy groups -OCH3 is 1. The molecule has 0 unspecified atom stereocenters. The van der Waals surface area contributed by atoms with Crippen LogP contribution in [0.2, 0.25) is 5.02 Å². The number of anilines is 1. The Bertz CT molecular complexity index is 720. The van der Waals surface area contributed by atoms with Gasteiger partial charge in [0.05, 0.1) is 29.9 Å². The monoisotopic (exact) mass is 370 g/mol. The fraction of sp³-hybridized carbons (Fsp3) is 0.375. The minimum absolute atomic E-state index is 0. The van der Waals surface area contributed by atoms with Crippen LogP contribution < -0.4 is 15.4 Å². The van der Waals surface area contributed by atoms with Crippen molar-refractivity contribution in [3.05, 3.63) is 41.2 Å². The van der Waals surface area contributed by atoms with Crippen molar-refractivity contribution in [2.75, 3.05) is 25.5 Å². The van der Waals surface area contributed by atoms with Crippen LogP contribution in [0.25, 0.3) is 0 Å². The smallest absolute Gasteiger partial charge is 0.229 e. The SMILES string of the molecule is COc1c(Cl)cccc1NC(=O)[C@H]1CNC[C@@H]1c1cnn(C)c1.Cl. The molecular formula is C16H20Cl2N4O2. The van der Waals surface area contributed by atoms with Crippen molar-refractivity contribution in [1.82, 2.24) is 15.1 Å². The van der Waals surface area contributed by atoms with Gasteiger partial charge in [-0.1, -0.05) is 17.7 Å². The van der Waals surface area contributed by atoms with E-state index in [1.807, 2.05) is 19.4 Å². The van der Waals surface area contributed by atoms with Gasteiger partial charge in [-0.2, -0.15) is 5.10 Å². The maximum absolute atomic E-state index is 12.7. The van der Waals surface area contributed by atoms with E-state index in [0.717, 1.165) is 12.1 Å². The third-order valence-electron chi connectivity index (χ3n) is 4.13. The minimum atomic E-state index is -0.164. The molecule has 2 heterocycles. The van der Waals surface area contributed by atoms with Crippen LogP contribution in [0.4, 0.5) is 5.69 Å². The molecule has 0 saturated carbocycles. The van der Waals surface area contributed by atoms with Crippen LogP contribution >= 0.6 is 24.0 Å². The number of nitrogens with zero attached hydrogens (tertiary/aromatic N) is 2. The van der Waals surface area contributed by atoms with E-state index in [4.69, 9.17) is 16.3 Å². The molecule has 0 aliphatic carbocycles. The molecule has 2 aromatic rings. The topological polar surface area (TPSA) is 68.2 Å². The van der Waals surface area contributed by atoms with Crippen LogP contribution in [-0.2, 0) is 11.8 Å². The van der Waals surface area contributed by atoms with Crippen LogP contribution in [0.3, 0.4) is 0 Å². The lowest BCUT2D eigenvalue weighted by atomic mass is 9.90. The molecule has 24 heavy (non-hydrogen) atoms. The van der Waals surface area contributed by atoms with Gasteiger partial charge in [-0.3, -0.25) is 9.48 Å². The summed E-state index contributed by atoms with van der Waals surface area (Å²) >= 11 is 6.10. The highest BCUT2D eigenvalue weighted by Gasteiger charge is 2.35. The maximum Gasteiger partial charge on any atom is 0.229 e. The number of halogens is 2. The van der Waals surface area contributed by atoms with Crippen molar-refractivity contribution in [3.63, 3.8) is 0 Å². The maximum atomic E-state index is 12.7. The third-order valence-corrected chi connectivity index (χ3v) is 4.43. The Kier molecular flexibility index (Phi) is 6.10. The van der Waals surface area contributed by atoms with Gasteiger partial charge in [0, 0.05) is 32.3 Å². The molecule has 0 radical (unpaired) electrons. The van der Waals surface area contributed by atoms with E-state index in [2.05, 4.69) is 15.7 Å². The molecule has 1 aromatic carbocycles. The second-order valence-corrected chi connectivity index (χ2v) is 6.04. The Morgan fingerprint density at radius 2 is 2.25 bits per heavy atom. The van der Waals surface area contributed by atoms with Gasteiger partial charge >= 0.3 is 0 Å². The normalized spacial score (nSPS) is 19.6. The van der Waals surface area contributed by atoms with Gasteiger partial charge in [-0.15, -0.1) is 12.4 Å². The number of aryl methyl sites for hydroxylation is 1. The van der Waals surface area contributed by atoms with E-state index < -0.39 is 0 Å². The average molecular weight is 371 g/mol. The summed E-state index contributed by atoms with van der Waals surface area (Å²) in [6.07, 6.45) is 3.77. The number of aromatic nitrogens is 2. The van der Waals surface area contributed by atoms with Crippen molar-refractivity contribution in [2.45, 2.75) is 5.92 Å². The van der Waals surface area contributed by atoms with Crippen molar-refractivity contribution >= 4 is 35.6 Å². The third kappa shape index (κ3) is 3.66. The van der Waals surface area contributed by atoms with Crippen molar-refractivity contribution in [1.29, 1.82) is 0 Å². The molecule has 3 rings (SSSR count). The highest BCUT2D eigenvalue weighted by atomic mass is 35.5. The number of nitrogens with one attached hydrogen (secondary N) is 2. The molecule has 2 N–H and O–H groups in total. The summed E-state index contributed by atoms with van der Waals surface area (Å²) in [5.41, 5.74) is 1.65. The lowest BCUT2D eigenvalue weighted by molar-refractivity contribution is -0.119. The number of benzene rings is 1. The predicted molar refractivity (Wildman–Crippen MR) is 96.2 cm³/mol. The van der Waals surface area contributed by atoms with Crippen molar-refractivity contribution in [3.8, 4) is 5.75 Å². The van der Waals surface area contributed by atoms with Gasteiger partial charge in [-0.05, 0) is 17.7 Å². The highest BCUT2D eigenvalue weighted by molar-refractivity contribution is 6.32. The Morgan fingerprint density at radius 3 is 2.92 bits per heavy atom. The van der Waals surface area contributed by atoms with Crippen LogP contribution in [0.1, 0.15) is 11.5 Å². The zero-order valence-corrected chi connectivity index (χ0v) is 15.0. The first kappa shape index (κ1) is 18.6. The molecule has 2 atom stereocenters. The quantitative estimate of drug-likeness (QED) is 0.867. The standard InChI is InChI=1S/C16H19ClN4O2.ClH/c1-21-9-10(6-19-21)11-7-18-8-12(11)16(22)20-14-5-3-4-13(17)15(14)23-2;/h3-6,9,11-12,18H,7-8H2,1-2H3,(H,20,22);1H/t11-,12+;/m1./s1. The zero-order chi connectivity index (χ0) is 16.4. The first-order valence-corrected chi connectivity index (χ1v) is 7.80. The molecule has 1 fully saturated rings. The van der Waals surface area contributed by atoms with E-state index in [1.54, 1.807) is 22.9 Å². The largest absolute Gasteiger partial charge is 0.493 e. The van der Waals surface area contributed by atoms with Gasteiger partial charge in [0.15, 0.2) is 5.75 Å². The average Bonchev–Trinajstić information content (AvgIpc) is 3.15. The number of rotatable bonds is 4. The van der Waals surface area contributed by atoms with E-state index >= 15 is 0 Å². The molecule has 1 saturated heterocycles. The molecule has 1 aliphatic heterocycles. The molecule has 1 aliphatic rings. The summed E-state index contributed by atoms with van der Waals surface area (Å²) in [6, 6.07) is 5.29. The second kappa shape index (κ2) is 7.88. The van der Waals surface area contributed by atoms with Gasteiger partial charge < -0.3 is 15.4 Å². The Hall–Kier alpha value is -1.76. The van der Waals surface area contributed by atoms with Crippen LogP contribution in [0.15, 0.2) is 30.6 Å². The number of amides is 1. The number of hydrogen-bond donors (Lipinski definition) is 2. The summed E-state index contributed by atoms with van der Waals surface area (Å²) in [4.78, 5) is 12.7. The summed E-state index contributed by atoms with van der Waals surface area (Å²) in [5, 5.41) is 10.9. The lowest BCUT2D eigenvalue weighted by Crippen LogP contribution is -2.28. The van der Waals surface area contributed by atoms with Crippen LogP contribution in [0.5, 0.6) is 5.75 Å². The molecule has 0 bridgehead atoms. The molecule has 0 spiro atoms. The van der Waals surface area contributed by atoms with E-state index in [1.165, 1.54) is 7.11 Å². The Morgan fingerprint density at radius 1 is 1.46 bits per heavy atom. The molecule has 130 valence electrons. The van der Waals surface area contributed by atoms with Crippen LogP contribution in [0, 0.1) is 5.92 Å². The predicted octanol–water partition coefficient (Wildman–Crippen LogP) is 2.45. The molecule has 6 nitrogen and oxygen atoms in total. The highest BCUT2D eigenvalue weighted by Crippen LogP contribution is 2.34. The summed E-state index contributed by atoms with van der Waals surface area (Å²) in [5.74, 6) is 0.368. The Balaban J connectivity index is 0.00000208. The number of carbonyl (C=O) groups is 1. The number of hydrogen-bond acceptors (Lipinski definition) is 4. The minimum Gasteiger partial charge on any atom is -0.493 e. The molecule has 8 heteroatoms. The van der Waals surface area contributed by atoms with Gasteiger partial charge in [-0.25, -0.2) is 0 Å². The number of carbonyl (C=O) groups excluding carboxylic acids is 1. The fourth-order valence-electron chi connectivity index (χ4n) is 2.98. The summed E-state index contributed by atoms with van der Waals surface area (Å²) in [7, 11) is 3.41. The fourth-order valence-corrected chi connectivity index (χ4v) is 3.23. The van der Waals surface area contributed by atoms with Crippen LogP contribution in [-0.4, -0.2) is 35.9 Å². The molecule has 1 amide bonds. The van der Waals surface area contributed by atoms with E-state index in [9.17, 15) is 4.79 Å². The van der Waals surface area contributed by atoms with E-state index in [0.29, 0.717) is 23.0 Å². The summed E-state index contributed by atoms with van der Waals surface area (Å²) in [6.45, 7) is 1.39. The first-order valence-electron chi connectivity index (χ1n) is 7.42.